The predicted octanol–water partition coefficient (Wildman–Crippen LogP) is 2.85. The van der Waals surface area contributed by atoms with Crippen LogP contribution in [0.15, 0.2) is 30.9 Å². The van der Waals surface area contributed by atoms with Gasteiger partial charge in [0, 0.05) is 30.8 Å². The number of carbonyl (C=O) groups excluding carboxylic acids is 2. The van der Waals surface area contributed by atoms with Crippen LogP contribution in [-0.4, -0.2) is 43.0 Å². The zero-order valence-corrected chi connectivity index (χ0v) is 15.1. The van der Waals surface area contributed by atoms with Crippen molar-refractivity contribution in [3.8, 4) is 11.5 Å². The Hall–Kier alpha value is -2.50. The van der Waals surface area contributed by atoms with Crippen molar-refractivity contribution in [2.45, 2.75) is 32.8 Å². The van der Waals surface area contributed by atoms with Gasteiger partial charge in [-0.1, -0.05) is 6.58 Å². The van der Waals surface area contributed by atoms with Gasteiger partial charge in [0.2, 0.25) is 11.8 Å². The van der Waals surface area contributed by atoms with Crippen LogP contribution >= 0.6 is 0 Å². The molecular formula is C19H26N2O4. The van der Waals surface area contributed by atoms with E-state index in [1.54, 1.807) is 30.2 Å². The minimum atomic E-state index is -0.105. The number of hydrogen-bond acceptors (Lipinski definition) is 4. The molecular weight excluding hydrogens is 320 g/mol. The molecule has 0 aliphatic carbocycles. The monoisotopic (exact) mass is 346 g/mol. The number of carbonyl (C=O) groups is 2. The van der Waals surface area contributed by atoms with Crippen LogP contribution in [-0.2, 0) is 9.59 Å². The number of amides is 2. The van der Waals surface area contributed by atoms with Crippen molar-refractivity contribution in [2.75, 3.05) is 25.5 Å². The summed E-state index contributed by atoms with van der Waals surface area (Å²) < 4.78 is 11.0. The van der Waals surface area contributed by atoms with Gasteiger partial charge >= 0.3 is 0 Å². The molecule has 0 atom stereocenters. The van der Waals surface area contributed by atoms with E-state index in [1.165, 1.54) is 6.08 Å². The van der Waals surface area contributed by atoms with E-state index in [0.29, 0.717) is 43.1 Å². The van der Waals surface area contributed by atoms with Gasteiger partial charge in [0.25, 0.3) is 0 Å². The van der Waals surface area contributed by atoms with E-state index in [0.717, 1.165) is 0 Å². The van der Waals surface area contributed by atoms with Crippen molar-refractivity contribution < 1.29 is 19.1 Å². The van der Waals surface area contributed by atoms with Crippen LogP contribution in [0.2, 0.25) is 0 Å². The molecule has 1 aromatic carbocycles. The maximum atomic E-state index is 12.5. The highest BCUT2D eigenvalue weighted by Crippen LogP contribution is 2.31. The molecule has 1 heterocycles. The van der Waals surface area contributed by atoms with Gasteiger partial charge in [-0.15, -0.1) is 0 Å². The van der Waals surface area contributed by atoms with Crippen LogP contribution < -0.4 is 14.8 Å². The van der Waals surface area contributed by atoms with Gasteiger partial charge in [-0.05, 0) is 44.9 Å². The molecule has 1 aliphatic heterocycles. The third-order valence-electron chi connectivity index (χ3n) is 4.15. The molecule has 0 unspecified atom stereocenters. The first kappa shape index (κ1) is 18.8. The van der Waals surface area contributed by atoms with Gasteiger partial charge in [-0.3, -0.25) is 9.59 Å². The Balaban J connectivity index is 1.97. The van der Waals surface area contributed by atoms with E-state index >= 15 is 0 Å². The largest absolute Gasteiger partial charge is 0.493 e. The Kier molecular flexibility index (Phi) is 6.44. The summed E-state index contributed by atoms with van der Waals surface area (Å²) in [6.45, 7) is 8.53. The number of ether oxygens (including phenoxy) is 2. The molecule has 0 spiro atoms. The zero-order chi connectivity index (χ0) is 18.4. The second-order valence-corrected chi connectivity index (χ2v) is 6.33. The molecule has 25 heavy (non-hydrogen) atoms. The fraction of sp³-hybridized carbons (Fsp3) is 0.474. The summed E-state index contributed by atoms with van der Waals surface area (Å²) in [7, 11) is 1.57. The minimum Gasteiger partial charge on any atom is -0.493 e. The topological polar surface area (TPSA) is 67.9 Å². The molecule has 6 heteroatoms. The van der Waals surface area contributed by atoms with Crippen LogP contribution in [0.4, 0.5) is 5.69 Å². The maximum Gasteiger partial charge on any atom is 0.245 e. The predicted molar refractivity (Wildman–Crippen MR) is 96.9 cm³/mol. The van der Waals surface area contributed by atoms with Gasteiger partial charge < -0.3 is 19.7 Å². The third kappa shape index (κ3) is 4.98. The lowest BCUT2D eigenvalue weighted by Gasteiger charge is -2.30. The number of nitrogens with one attached hydrogen (secondary N) is 1. The van der Waals surface area contributed by atoms with E-state index in [1.807, 2.05) is 13.8 Å². The normalized spacial score (nSPS) is 15.0. The highest BCUT2D eigenvalue weighted by molar-refractivity contribution is 5.93. The SMILES string of the molecule is C=CC(=O)N1CCC(C(=O)Nc2ccc(OC(C)C)c(OC)c2)CC1. The Bertz CT molecular complexity index is 634. The minimum absolute atomic E-state index is 0.0368. The van der Waals surface area contributed by atoms with Crippen molar-refractivity contribution in [1.82, 2.24) is 4.90 Å². The Labute approximate surface area is 148 Å². The molecule has 1 N–H and O–H groups in total. The number of anilines is 1. The molecule has 1 aliphatic rings. The molecule has 136 valence electrons. The van der Waals surface area contributed by atoms with Crippen LogP contribution in [0.3, 0.4) is 0 Å². The van der Waals surface area contributed by atoms with Gasteiger partial charge in [0.15, 0.2) is 11.5 Å². The van der Waals surface area contributed by atoms with Crippen molar-refractivity contribution in [3.05, 3.63) is 30.9 Å². The molecule has 0 bridgehead atoms. The lowest BCUT2D eigenvalue weighted by molar-refractivity contribution is -0.130. The molecule has 1 saturated heterocycles. The summed E-state index contributed by atoms with van der Waals surface area (Å²) in [4.78, 5) is 25.8. The van der Waals surface area contributed by atoms with Crippen LogP contribution in [0.25, 0.3) is 0 Å². The quantitative estimate of drug-likeness (QED) is 0.804. The van der Waals surface area contributed by atoms with E-state index in [4.69, 9.17) is 9.47 Å². The number of methoxy groups -OCH3 is 1. The second-order valence-electron chi connectivity index (χ2n) is 6.33. The molecule has 1 aromatic rings. The summed E-state index contributed by atoms with van der Waals surface area (Å²) in [5.74, 6) is 1.01. The van der Waals surface area contributed by atoms with Gasteiger partial charge in [-0.2, -0.15) is 0 Å². The standard InChI is InChI=1S/C19H26N2O4/c1-5-18(22)21-10-8-14(9-11-21)19(23)20-15-6-7-16(25-13(2)3)17(12-15)24-4/h5-7,12-14H,1,8-11H2,2-4H3,(H,20,23). The first-order valence-corrected chi connectivity index (χ1v) is 8.51. The van der Waals surface area contributed by atoms with Gasteiger partial charge in [0.1, 0.15) is 0 Å². The average molecular weight is 346 g/mol. The zero-order valence-electron chi connectivity index (χ0n) is 15.1. The molecule has 6 nitrogen and oxygen atoms in total. The smallest absolute Gasteiger partial charge is 0.245 e. The first-order chi connectivity index (χ1) is 11.9. The van der Waals surface area contributed by atoms with Crippen LogP contribution in [0.5, 0.6) is 11.5 Å². The summed E-state index contributed by atoms with van der Waals surface area (Å²) >= 11 is 0. The van der Waals surface area contributed by atoms with Crippen LogP contribution in [0, 0.1) is 5.92 Å². The Morgan fingerprint density at radius 3 is 2.52 bits per heavy atom. The number of likely N-dealkylation sites (tertiary alicyclic amines) is 1. The van der Waals surface area contributed by atoms with Gasteiger partial charge in [-0.25, -0.2) is 0 Å². The summed E-state index contributed by atoms with van der Waals surface area (Å²) in [6.07, 6.45) is 2.65. The van der Waals surface area contributed by atoms with Crippen LogP contribution in [0.1, 0.15) is 26.7 Å². The van der Waals surface area contributed by atoms with E-state index in [-0.39, 0.29) is 23.8 Å². The molecule has 0 radical (unpaired) electrons. The highest BCUT2D eigenvalue weighted by Gasteiger charge is 2.26. The number of nitrogens with zero attached hydrogens (tertiary/aromatic N) is 1. The second kappa shape index (κ2) is 8.55. The fourth-order valence-electron chi connectivity index (χ4n) is 2.83. The highest BCUT2D eigenvalue weighted by atomic mass is 16.5. The van der Waals surface area contributed by atoms with Crippen molar-refractivity contribution in [3.63, 3.8) is 0 Å². The number of hydrogen-bond donors (Lipinski definition) is 1. The third-order valence-corrected chi connectivity index (χ3v) is 4.15. The Morgan fingerprint density at radius 1 is 1.28 bits per heavy atom. The summed E-state index contributed by atoms with van der Waals surface area (Å²) in [5, 5.41) is 2.93. The first-order valence-electron chi connectivity index (χ1n) is 8.51. The molecule has 1 fully saturated rings. The molecule has 0 saturated carbocycles. The fourth-order valence-corrected chi connectivity index (χ4v) is 2.83. The van der Waals surface area contributed by atoms with Crippen molar-refractivity contribution in [1.29, 1.82) is 0 Å². The molecule has 0 aromatic heterocycles. The summed E-state index contributed by atoms with van der Waals surface area (Å²) in [5.41, 5.74) is 0.669. The van der Waals surface area contributed by atoms with Crippen molar-refractivity contribution >= 4 is 17.5 Å². The Morgan fingerprint density at radius 2 is 1.96 bits per heavy atom. The van der Waals surface area contributed by atoms with E-state index < -0.39 is 0 Å². The van der Waals surface area contributed by atoms with E-state index in [2.05, 4.69) is 11.9 Å². The maximum absolute atomic E-state index is 12.5. The average Bonchev–Trinajstić information content (AvgIpc) is 2.61. The van der Waals surface area contributed by atoms with E-state index in [9.17, 15) is 9.59 Å². The lowest BCUT2D eigenvalue weighted by atomic mass is 9.95. The number of piperidine rings is 1. The van der Waals surface area contributed by atoms with Crippen molar-refractivity contribution in [2.24, 2.45) is 5.92 Å². The van der Waals surface area contributed by atoms with Gasteiger partial charge in [0.05, 0.1) is 13.2 Å². The number of rotatable bonds is 6. The number of benzene rings is 1. The lowest BCUT2D eigenvalue weighted by Crippen LogP contribution is -2.40. The molecule has 2 amide bonds. The summed E-state index contributed by atoms with van der Waals surface area (Å²) in [6, 6.07) is 5.35. The molecule has 2 rings (SSSR count).